The Morgan fingerprint density at radius 1 is 1.07 bits per heavy atom. The zero-order valence-electron chi connectivity index (χ0n) is 17.1. The van der Waals surface area contributed by atoms with Gasteiger partial charge in [-0.2, -0.15) is 0 Å². The van der Waals surface area contributed by atoms with Crippen molar-refractivity contribution in [1.82, 2.24) is 5.32 Å². The minimum Gasteiger partial charge on any atom is -0.489 e. The van der Waals surface area contributed by atoms with E-state index in [9.17, 15) is 5.11 Å². The molecule has 0 aromatic heterocycles. The van der Waals surface area contributed by atoms with Gasteiger partial charge in [0.1, 0.15) is 12.4 Å². The van der Waals surface area contributed by atoms with Gasteiger partial charge in [0, 0.05) is 22.1 Å². The number of ether oxygens (including phenoxy) is 1. The monoisotopic (exact) mass is 455 g/mol. The topological polar surface area (TPSA) is 41.5 Å². The second-order valence-corrected chi connectivity index (χ2v) is 10.8. The molecule has 0 saturated heterocycles. The highest BCUT2D eigenvalue weighted by atomic mass is 79.9. The first-order valence-corrected chi connectivity index (χ1v) is 11.6. The van der Waals surface area contributed by atoms with Gasteiger partial charge in [-0.25, -0.2) is 0 Å². The summed E-state index contributed by atoms with van der Waals surface area (Å²) in [5, 5.41) is 14.9. The molecule has 2 aromatic carbocycles. The maximum absolute atomic E-state index is 11.0. The molecule has 0 spiro atoms. The third-order valence-corrected chi connectivity index (χ3v) is 7.71. The number of hydrogen-bond acceptors (Lipinski definition) is 3. The predicted molar refractivity (Wildman–Crippen MR) is 119 cm³/mol. The molecule has 0 aliphatic heterocycles. The number of nitrogens with one attached hydrogen (secondary N) is 1. The summed E-state index contributed by atoms with van der Waals surface area (Å²) in [6, 6.07) is 14.8. The van der Waals surface area contributed by atoms with Crippen molar-refractivity contribution < 1.29 is 9.84 Å². The van der Waals surface area contributed by atoms with Crippen LogP contribution in [-0.4, -0.2) is 16.2 Å². The molecule has 154 valence electrons. The fourth-order valence-corrected chi connectivity index (χ4v) is 6.78. The fourth-order valence-electron chi connectivity index (χ4n) is 6.38. The van der Waals surface area contributed by atoms with Crippen molar-refractivity contribution in [3.63, 3.8) is 0 Å². The molecule has 4 aliphatic carbocycles. The first kappa shape index (κ1) is 19.6. The number of hydrogen-bond donors (Lipinski definition) is 2. The van der Waals surface area contributed by atoms with Crippen LogP contribution in [0.25, 0.3) is 0 Å². The van der Waals surface area contributed by atoms with Gasteiger partial charge in [-0.05, 0) is 81.0 Å². The summed E-state index contributed by atoms with van der Waals surface area (Å²) in [5.74, 6) is 2.31. The minimum absolute atomic E-state index is 0.0926. The predicted octanol–water partition coefficient (Wildman–Crippen LogP) is 5.51. The molecule has 4 fully saturated rings. The highest BCUT2D eigenvalue weighted by molar-refractivity contribution is 9.10. The van der Waals surface area contributed by atoms with Gasteiger partial charge in [0.2, 0.25) is 0 Å². The summed E-state index contributed by atoms with van der Waals surface area (Å²) in [5.41, 5.74) is 3.28. The van der Waals surface area contributed by atoms with Crippen molar-refractivity contribution in [2.75, 3.05) is 0 Å². The van der Waals surface area contributed by atoms with Crippen LogP contribution in [0.1, 0.15) is 55.2 Å². The fraction of sp³-hybridized carbons (Fsp3) is 0.520. The lowest BCUT2D eigenvalue weighted by Crippen LogP contribution is -2.64. The second-order valence-electron chi connectivity index (χ2n) is 9.85. The van der Waals surface area contributed by atoms with Gasteiger partial charge in [-0.15, -0.1) is 0 Å². The molecule has 0 heterocycles. The zero-order valence-corrected chi connectivity index (χ0v) is 18.7. The minimum atomic E-state index is -0.431. The number of aliphatic hydroxyl groups is 1. The molecular formula is C25H30BrNO2. The number of halogens is 1. The van der Waals surface area contributed by atoms with E-state index in [1.165, 1.54) is 36.0 Å². The molecule has 3 nitrogen and oxygen atoms in total. The molecule has 6 rings (SSSR count). The molecule has 2 unspecified atom stereocenters. The molecule has 4 saturated carbocycles. The van der Waals surface area contributed by atoms with Crippen LogP contribution < -0.4 is 10.1 Å². The number of rotatable bonds is 6. The van der Waals surface area contributed by atoms with E-state index in [1.54, 1.807) is 0 Å². The molecule has 0 radical (unpaired) electrons. The standard InChI is InChI=1S/C25H30BrNO2/c1-17-2-4-18(5-3-17)15-29-23-7-6-22(26)9-21(23)14-27-24-10-19-8-20(11-24)13-25(28,12-19)16-24/h2-7,9,19-20,27-28H,8,10-16H2,1H3. The van der Waals surface area contributed by atoms with E-state index >= 15 is 0 Å². The summed E-state index contributed by atoms with van der Waals surface area (Å²) in [4.78, 5) is 0. The van der Waals surface area contributed by atoms with Crippen LogP contribution in [0.3, 0.4) is 0 Å². The summed E-state index contributed by atoms with van der Waals surface area (Å²) in [7, 11) is 0. The van der Waals surface area contributed by atoms with Crippen molar-refractivity contribution in [2.45, 2.75) is 69.7 Å². The largest absolute Gasteiger partial charge is 0.489 e. The lowest BCUT2D eigenvalue weighted by Gasteiger charge is -2.60. The smallest absolute Gasteiger partial charge is 0.124 e. The zero-order chi connectivity index (χ0) is 20.1. The van der Waals surface area contributed by atoms with Crippen molar-refractivity contribution in [1.29, 1.82) is 0 Å². The van der Waals surface area contributed by atoms with E-state index in [1.807, 2.05) is 6.07 Å². The van der Waals surface area contributed by atoms with Crippen LogP contribution in [0.4, 0.5) is 0 Å². The Hall–Kier alpha value is -1.36. The van der Waals surface area contributed by atoms with Gasteiger partial charge in [-0.1, -0.05) is 45.8 Å². The molecule has 0 amide bonds. The first-order chi connectivity index (χ1) is 13.9. The Balaban J connectivity index is 1.30. The van der Waals surface area contributed by atoms with Crippen molar-refractivity contribution in [3.8, 4) is 5.75 Å². The third kappa shape index (κ3) is 4.12. The molecular weight excluding hydrogens is 426 g/mol. The summed E-state index contributed by atoms with van der Waals surface area (Å²) in [6.07, 6.45) is 6.65. The van der Waals surface area contributed by atoms with E-state index in [4.69, 9.17) is 4.74 Å². The van der Waals surface area contributed by atoms with Gasteiger partial charge >= 0.3 is 0 Å². The normalized spacial score (nSPS) is 32.5. The van der Waals surface area contributed by atoms with Crippen LogP contribution in [-0.2, 0) is 13.2 Å². The van der Waals surface area contributed by atoms with Crippen LogP contribution in [0.2, 0.25) is 0 Å². The quantitative estimate of drug-likeness (QED) is 0.603. The van der Waals surface area contributed by atoms with Crippen molar-refractivity contribution >= 4 is 15.9 Å². The lowest BCUT2D eigenvalue weighted by molar-refractivity contribution is -0.142. The average Bonchev–Trinajstić information content (AvgIpc) is 2.65. The number of aryl methyl sites for hydroxylation is 1. The number of benzene rings is 2. The Bertz CT molecular complexity index is 880. The molecule has 29 heavy (non-hydrogen) atoms. The molecule has 4 heteroatoms. The highest BCUT2D eigenvalue weighted by Crippen LogP contribution is 2.57. The van der Waals surface area contributed by atoms with E-state index in [0.29, 0.717) is 18.4 Å². The molecule has 2 N–H and O–H groups in total. The van der Waals surface area contributed by atoms with E-state index in [-0.39, 0.29) is 5.54 Å². The van der Waals surface area contributed by atoms with E-state index < -0.39 is 5.60 Å². The van der Waals surface area contributed by atoms with Gasteiger partial charge in [-0.3, -0.25) is 0 Å². The Labute approximate surface area is 182 Å². The van der Waals surface area contributed by atoms with Crippen LogP contribution >= 0.6 is 15.9 Å². The Morgan fingerprint density at radius 3 is 2.48 bits per heavy atom. The lowest BCUT2D eigenvalue weighted by atomic mass is 9.51. The molecule has 4 aliphatic rings. The summed E-state index contributed by atoms with van der Waals surface area (Å²) < 4.78 is 7.27. The van der Waals surface area contributed by atoms with E-state index in [2.05, 4.69) is 64.6 Å². The highest BCUT2D eigenvalue weighted by Gasteiger charge is 2.56. The average molecular weight is 456 g/mol. The van der Waals surface area contributed by atoms with E-state index in [0.717, 1.165) is 36.0 Å². The van der Waals surface area contributed by atoms with Crippen LogP contribution in [0.5, 0.6) is 5.75 Å². The summed E-state index contributed by atoms with van der Waals surface area (Å²) in [6.45, 7) is 3.45. The van der Waals surface area contributed by atoms with Gasteiger partial charge < -0.3 is 15.2 Å². The third-order valence-electron chi connectivity index (χ3n) is 7.22. The second kappa shape index (κ2) is 7.40. The molecule has 4 bridgehead atoms. The SMILES string of the molecule is Cc1ccc(COc2ccc(Br)cc2CNC23CC4CC(CC(O)(C4)C2)C3)cc1. The Morgan fingerprint density at radius 2 is 1.79 bits per heavy atom. The molecule has 2 aromatic rings. The van der Waals surface area contributed by atoms with Crippen molar-refractivity contribution in [3.05, 3.63) is 63.6 Å². The summed E-state index contributed by atoms with van der Waals surface area (Å²) >= 11 is 3.62. The first-order valence-electron chi connectivity index (χ1n) is 10.8. The van der Waals surface area contributed by atoms with Crippen molar-refractivity contribution in [2.24, 2.45) is 11.8 Å². The molecule has 2 atom stereocenters. The van der Waals surface area contributed by atoms with Crippen LogP contribution in [0.15, 0.2) is 46.9 Å². The van der Waals surface area contributed by atoms with Gasteiger partial charge in [0.25, 0.3) is 0 Å². The van der Waals surface area contributed by atoms with Gasteiger partial charge in [0.15, 0.2) is 0 Å². The van der Waals surface area contributed by atoms with Gasteiger partial charge in [0.05, 0.1) is 5.60 Å². The Kier molecular flexibility index (Phi) is 5.00. The maximum Gasteiger partial charge on any atom is 0.124 e. The maximum atomic E-state index is 11.0. The van der Waals surface area contributed by atoms with Crippen LogP contribution in [0, 0.1) is 18.8 Å².